The molecule has 144 valence electrons. The van der Waals surface area contributed by atoms with Crippen LogP contribution in [0.2, 0.25) is 0 Å². The van der Waals surface area contributed by atoms with Gasteiger partial charge in [0.25, 0.3) is 5.56 Å². The summed E-state index contributed by atoms with van der Waals surface area (Å²) >= 11 is 0. The van der Waals surface area contributed by atoms with Gasteiger partial charge in [0.2, 0.25) is 0 Å². The molecule has 1 aromatic carbocycles. The summed E-state index contributed by atoms with van der Waals surface area (Å²) in [6.07, 6.45) is 1.21. The number of amides is 1. The fourth-order valence-corrected chi connectivity index (χ4v) is 3.12. The normalized spacial score (nSPS) is 15.0. The molecule has 1 saturated heterocycles. The van der Waals surface area contributed by atoms with Crippen LogP contribution in [0.25, 0.3) is 0 Å². The second-order valence-electron chi connectivity index (χ2n) is 6.45. The van der Waals surface area contributed by atoms with E-state index in [-0.39, 0.29) is 18.4 Å². The largest absolute Gasteiger partial charge is 0.503 e. The van der Waals surface area contributed by atoms with E-state index in [1.54, 1.807) is 35.4 Å². The van der Waals surface area contributed by atoms with Gasteiger partial charge in [0.05, 0.1) is 13.7 Å². The molecule has 1 aliphatic rings. The number of ether oxygens (including phenoxy) is 1. The minimum atomic E-state index is -0.552. The van der Waals surface area contributed by atoms with Crippen LogP contribution < -0.4 is 5.56 Å². The number of carbonyl (C=O) groups is 1. The van der Waals surface area contributed by atoms with Gasteiger partial charge in [0.1, 0.15) is 5.82 Å². The predicted octanol–water partition coefficient (Wildman–Crippen LogP) is 1.63. The number of aromatic nitrogens is 1. The van der Waals surface area contributed by atoms with Crippen molar-refractivity contribution in [2.45, 2.75) is 13.1 Å². The molecule has 3 rings (SSSR count). The highest BCUT2D eigenvalue weighted by atomic mass is 19.1. The molecule has 0 saturated carbocycles. The number of aromatic hydroxyl groups is 1. The van der Waals surface area contributed by atoms with Crippen LogP contribution in [-0.4, -0.2) is 58.9 Å². The van der Waals surface area contributed by atoms with E-state index in [1.165, 1.54) is 17.7 Å². The monoisotopic (exact) mass is 375 g/mol. The molecular weight excluding hydrogens is 353 g/mol. The molecule has 2 heterocycles. The van der Waals surface area contributed by atoms with Crippen molar-refractivity contribution in [3.63, 3.8) is 0 Å². The van der Waals surface area contributed by atoms with Crippen molar-refractivity contribution >= 4 is 6.09 Å². The SMILES string of the molecule is COC(=O)N1CCN(Cc2ccn(Cc3ccccc3F)c(=O)c2O)CC1. The third-order valence-corrected chi connectivity index (χ3v) is 4.72. The topological polar surface area (TPSA) is 75.0 Å². The number of benzene rings is 1. The summed E-state index contributed by atoms with van der Waals surface area (Å²) in [4.78, 5) is 27.6. The van der Waals surface area contributed by atoms with E-state index in [0.29, 0.717) is 43.9 Å². The van der Waals surface area contributed by atoms with Gasteiger partial charge in [0, 0.05) is 50.0 Å². The number of hydrogen-bond acceptors (Lipinski definition) is 5. The fourth-order valence-electron chi connectivity index (χ4n) is 3.12. The quantitative estimate of drug-likeness (QED) is 0.879. The molecule has 27 heavy (non-hydrogen) atoms. The summed E-state index contributed by atoms with van der Waals surface area (Å²) in [6.45, 7) is 2.74. The van der Waals surface area contributed by atoms with Crippen LogP contribution in [0.5, 0.6) is 5.75 Å². The second kappa shape index (κ2) is 8.22. The average molecular weight is 375 g/mol. The number of halogens is 1. The van der Waals surface area contributed by atoms with Crippen LogP contribution >= 0.6 is 0 Å². The molecule has 1 aromatic heterocycles. The van der Waals surface area contributed by atoms with Crippen molar-refractivity contribution in [3.8, 4) is 5.75 Å². The maximum atomic E-state index is 13.8. The summed E-state index contributed by atoms with van der Waals surface area (Å²) in [5.74, 6) is -0.722. The van der Waals surface area contributed by atoms with E-state index < -0.39 is 11.4 Å². The highest BCUT2D eigenvalue weighted by molar-refractivity contribution is 5.67. The summed E-state index contributed by atoms with van der Waals surface area (Å²) in [7, 11) is 1.35. The number of hydrogen-bond donors (Lipinski definition) is 1. The van der Waals surface area contributed by atoms with Gasteiger partial charge in [-0.3, -0.25) is 9.69 Å². The third-order valence-electron chi connectivity index (χ3n) is 4.72. The first-order valence-electron chi connectivity index (χ1n) is 8.69. The van der Waals surface area contributed by atoms with E-state index in [0.717, 1.165) is 0 Å². The fraction of sp³-hybridized carbons (Fsp3) is 0.368. The Hall–Kier alpha value is -2.87. The highest BCUT2D eigenvalue weighted by Crippen LogP contribution is 2.16. The number of carbonyl (C=O) groups excluding carboxylic acids is 1. The summed E-state index contributed by atoms with van der Waals surface area (Å²) in [5.41, 5.74) is 0.339. The van der Waals surface area contributed by atoms with Gasteiger partial charge in [-0.25, -0.2) is 9.18 Å². The van der Waals surface area contributed by atoms with Gasteiger partial charge in [-0.1, -0.05) is 18.2 Å². The van der Waals surface area contributed by atoms with E-state index in [1.807, 2.05) is 0 Å². The molecule has 0 unspecified atom stereocenters. The van der Waals surface area contributed by atoms with Crippen LogP contribution in [0.15, 0.2) is 41.3 Å². The molecule has 0 radical (unpaired) electrons. The molecule has 0 atom stereocenters. The Labute approximate surface area is 156 Å². The number of nitrogens with zero attached hydrogens (tertiary/aromatic N) is 3. The second-order valence-corrected chi connectivity index (χ2v) is 6.45. The minimum Gasteiger partial charge on any atom is -0.503 e. The Kier molecular flexibility index (Phi) is 5.75. The van der Waals surface area contributed by atoms with Gasteiger partial charge in [0.15, 0.2) is 5.75 Å². The van der Waals surface area contributed by atoms with Crippen LogP contribution in [0.3, 0.4) is 0 Å². The van der Waals surface area contributed by atoms with E-state index in [2.05, 4.69) is 4.90 Å². The number of methoxy groups -OCH3 is 1. The zero-order valence-corrected chi connectivity index (χ0v) is 15.1. The molecule has 8 heteroatoms. The van der Waals surface area contributed by atoms with E-state index in [9.17, 15) is 19.1 Å². The van der Waals surface area contributed by atoms with Crippen LogP contribution in [0.1, 0.15) is 11.1 Å². The van der Waals surface area contributed by atoms with Crippen LogP contribution in [0.4, 0.5) is 9.18 Å². The lowest BCUT2D eigenvalue weighted by Gasteiger charge is -2.33. The molecule has 0 spiro atoms. The Morgan fingerprint density at radius 1 is 1.11 bits per heavy atom. The summed E-state index contributed by atoms with van der Waals surface area (Å²) in [6, 6.07) is 7.90. The average Bonchev–Trinajstić information content (AvgIpc) is 2.69. The van der Waals surface area contributed by atoms with Crippen molar-refractivity contribution in [1.82, 2.24) is 14.4 Å². The lowest BCUT2D eigenvalue weighted by atomic mass is 10.2. The predicted molar refractivity (Wildman–Crippen MR) is 97.1 cm³/mol. The smallest absolute Gasteiger partial charge is 0.409 e. The lowest BCUT2D eigenvalue weighted by Crippen LogP contribution is -2.48. The van der Waals surface area contributed by atoms with E-state index in [4.69, 9.17) is 4.74 Å². The zero-order valence-electron chi connectivity index (χ0n) is 15.1. The van der Waals surface area contributed by atoms with Gasteiger partial charge in [-0.15, -0.1) is 0 Å². The van der Waals surface area contributed by atoms with Gasteiger partial charge >= 0.3 is 6.09 Å². The first-order valence-corrected chi connectivity index (χ1v) is 8.69. The highest BCUT2D eigenvalue weighted by Gasteiger charge is 2.22. The van der Waals surface area contributed by atoms with Crippen LogP contribution in [0, 0.1) is 5.82 Å². The van der Waals surface area contributed by atoms with Gasteiger partial charge in [-0.2, -0.15) is 0 Å². The Morgan fingerprint density at radius 2 is 1.81 bits per heavy atom. The Morgan fingerprint density at radius 3 is 2.48 bits per heavy atom. The van der Waals surface area contributed by atoms with Crippen molar-refractivity contribution in [3.05, 3.63) is 63.8 Å². The summed E-state index contributed by atoms with van der Waals surface area (Å²) in [5, 5.41) is 10.3. The molecule has 1 amide bonds. The van der Waals surface area contributed by atoms with Crippen molar-refractivity contribution in [2.24, 2.45) is 0 Å². The van der Waals surface area contributed by atoms with Crippen molar-refractivity contribution in [2.75, 3.05) is 33.3 Å². The number of piperazine rings is 1. The first kappa shape index (κ1) is 18.9. The molecule has 1 fully saturated rings. The van der Waals surface area contributed by atoms with Gasteiger partial charge < -0.3 is 19.3 Å². The van der Waals surface area contributed by atoms with Crippen molar-refractivity contribution in [1.29, 1.82) is 0 Å². The van der Waals surface area contributed by atoms with Gasteiger partial charge in [-0.05, 0) is 12.1 Å². The lowest BCUT2D eigenvalue weighted by molar-refractivity contribution is 0.0885. The standard InChI is InChI=1S/C19H22FN3O4/c1-27-19(26)22-10-8-21(9-11-22)12-15-6-7-23(18(25)17(15)24)13-14-4-2-3-5-16(14)20/h2-7,24H,8-13H2,1H3. The molecule has 1 aliphatic heterocycles. The minimum absolute atomic E-state index is 0.0527. The number of rotatable bonds is 4. The molecule has 2 aromatic rings. The maximum absolute atomic E-state index is 13.8. The summed E-state index contributed by atoms with van der Waals surface area (Å²) < 4.78 is 19.8. The molecule has 0 bridgehead atoms. The molecular formula is C19H22FN3O4. The first-order chi connectivity index (χ1) is 13.0. The van der Waals surface area contributed by atoms with E-state index >= 15 is 0 Å². The molecule has 0 aliphatic carbocycles. The number of pyridine rings is 1. The third kappa shape index (κ3) is 4.28. The van der Waals surface area contributed by atoms with Crippen molar-refractivity contribution < 1.29 is 19.0 Å². The Bertz CT molecular complexity index is 875. The molecule has 7 nitrogen and oxygen atoms in total. The molecule has 1 N–H and O–H groups in total. The maximum Gasteiger partial charge on any atom is 0.409 e. The van der Waals surface area contributed by atoms with Crippen LogP contribution in [-0.2, 0) is 17.8 Å². The zero-order chi connectivity index (χ0) is 19.4. The Balaban J connectivity index is 1.68.